The lowest BCUT2D eigenvalue weighted by Crippen LogP contribution is -2.26. The molecule has 2 aromatic rings. The highest BCUT2D eigenvalue weighted by atomic mass is 35.5. The lowest BCUT2D eigenvalue weighted by atomic mass is 10.4. The minimum Gasteiger partial charge on any atom is -0.328 e. The lowest BCUT2D eigenvalue weighted by molar-refractivity contribution is 0.0346. The molecule has 0 unspecified atom stereocenters. The maximum Gasteiger partial charge on any atom is 0.286 e. The van der Waals surface area contributed by atoms with Gasteiger partial charge in [0, 0.05) is 6.54 Å². The highest BCUT2D eigenvalue weighted by Crippen LogP contribution is 2.34. The molecule has 0 aliphatic heterocycles. The van der Waals surface area contributed by atoms with Gasteiger partial charge in [-0.1, -0.05) is 11.6 Å². The summed E-state index contributed by atoms with van der Waals surface area (Å²) in [6.45, 7) is 2.41. The van der Waals surface area contributed by atoms with E-state index in [2.05, 4.69) is 10.5 Å². The van der Waals surface area contributed by atoms with Crippen molar-refractivity contribution in [3.05, 3.63) is 27.0 Å². The average molecular weight is 318 g/mol. The van der Waals surface area contributed by atoms with Crippen LogP contribution in [0, 0.1) is 6.92 Å². The number of carbonyl (C=O) groups excluding carboxylic acids is 1. The van der Waals surface area contributed by atoms with Crippen LogP contribution < -0.4 is 11.2 Å². The Labute approximate surface area is 123 Å². The number of rotatable bonds is 5. The molecule has 8 heteroatoms. The van der Waals surface area contributed by atoms with Crippen LogP contribution in [0.4, 0.5) is 0 Å². The van der Waals surface area contributed by atoms with E-state index in [1.54, 1.807) is 6.92 Å². The summed E-state index contributed by atoms with van der Waals surface area (Å²) in [5.74, 6) is -0.308. The van der Waals surface area contributed by atoms with E-state index in [0.29, 0.717) is 21.5 Å². The molecule has 1 amide bonds. The van der Waals surface area contributed by atoms with E-state index in [4.69, 9.17) is 22.2 Å². The molecule has 0 aromatic carbocycles. The Hall–Kier alpha value is -0.990. The lowest BCUT2D eigenvalue weighted by Gasteiger charge is -2.02. The fraction of sp³-hybridized carbons (Fsp3) is 0.273. The predicted molar refractivity (Wildman–Crippen MR) is 77.6 cm³/mol. The fourth-order valence-corrected chi connectivity index (χ4v) is 3.41. The topological polar surface area (TPSA) is 77.2 Å². The molecule has 0 radical (unpaired) electrons. The van der Waals surface area contributed by atoms with Crippen LogP contribution in [-0.2, 0) is 4.84 Å². The largest absolute Gasteiger partial charge is 0.328 e. The Morgan fingerprint density at radius 2 is 2.32 bits per heavy atom. The molecule has 2 heterocycles. The third-order valence-corrected chi connectivity index (χ3v) is 4.73. The Morgan fingerprint density at radius 3 is 2.95 bits per heavy atom. The highest BCUT2D eigenvalue weighted by molar-refractivity contribution is 7.24. The zero-order valence-electron chi connectivity index (χ0n) is 10.1. The number of nitrogens with one attached hydrogen (secondary N) is 1. The number of aromatic nitrogens is 1. The van der Waals surface area contributed by atoms with Crippen LogP contribution >= 0.6 is 34.3 Å². The van der Waals surface area contributed by atoms with Gasteiger partial charge in [-0.25, -0.2) is 10.5 Å². The van der Waals surface area contributed by atoms with Gasteiger partial charge < -0.3 is 5.73 Å². The number of nitrogens with zero attached hydrogens (tertiary/aromatic N) is 1. The molecule has 102 valence electrons. The van der Waals surface area contributed by atoms with Crippen LogP contribution in [0.3, 0.4) is 0 Å². The normalized spacial score (nSPS) is 10.7. The standard InChI is InChI=1S/C11H12ClN3O2S2/c1-6-9(10(16)15-17-5-4-13)19-11(14-6)7-2-3-8(12)18-7/h2-3H,4-5,13H2,1H3,(H,15,16). The quantitative estimate of drug-likeness (QED) is 0.656. The van der Waals surface area contributed by atoms with Crippen LogP contribution in [0.5, 0.6) is 0 Å². The van der Waals surface area contributed by atoms with E-state index in [0.717, 1.165) is 9.88 Å². The van der Waals surface area contributed by atoms with Gasteiger partial charge in [0.25, 0.3) is 5.91 Å². The number of carbonyl (C=O) groups is 1. The summed E-state index contributed by atoms with van der Waals surface area (Å²) in [5, 5.41) is 0.776. The smallest absolute Gasteiger partial charge is 0.286 e. The van der Waals surface area contributed by atoms with Crippen LogP contribution in [0.1, 0.15) is 15.4 Å². The SMILES string of the molecule is Cc1nc(-c2ccc(Cl)s2)sc1C(=O)NOCCN. The van der Waals surface area contributed by atoms with Gasteiger partial charge >= 0.3 is 0 Å². The molecule has 0 saturated carbocycles. The maximum absolute atomic E-state index is 11.9. The molecule has 3 N–H and O–H groups in total. The highest BCUT2D eigenvalue weighted by Gasteiger charge is 2.17. The van der Waals surface area contributed by atoms with Gasteiger partial charge in [-0.2, -0.15) is 0 Å². The van der Waals surface area contributed by atoms with E-state index in [1.165, 1.54) is 22.7 Å². The first-order valence-corrected chi connectivity index (χ1v) is 7.48. The summed E-state index contributed by atoms with van der Waals surface area (Å²) >= 11 is 8.63. The van der Waals surface area contributed by atoms with Gasteiger partial charge in [-0.3, -0.25) is 9.63 Å². The summed E-state index contributed by atoms with van der Waals surface area (Å²) in [7, 11) is 0. The van der Waals surface area contributed by atoms with Gasteiger partial charge in [0.1, 0.15) is 9.88 Å². The number of hydroxylamine groups is 1. The number of thiophene rings is 1. The number of halogens is 1. The van der Waals surface area contributed by atoms with E-state index in [9.17, 15) is 4.79 Å². The first-order valence-electron chi connectivity index (χ1n) is 5.47. The Kier molecular flexibility index (Phi) is 4.89. The number of thiazole rings is 1. The Balaban J connectivity index is 2.14. The molecule has 0 fully saturated rings. The molecular formula is C11H12ClN3O2S2. The van der Waals surface area contributed by atoms with Gasteiger partial charge in [-0.15, -0.1) is 22.7 Å². The number of aryl methyl sites for hydroxylation is 1. The Bertz CT molecular complexity index is 582. The van der Waals surface area contributed by atoms with Crippen LogP contribution in [-0.4, -0.2) is 24.0 Å². The van der Waals surface area contributed by atoms with Crippen molar-refractivity contribution in [2.45, 2.75) is 6.92 Å². The summed E-state index contributed by atoms with van der Waals surface area (Å²) in [5.41, 5.74) is 8.27. The minimum absolute atomic E-state index is 0.275. The van der Waals surface area contributed by atoms with E-state index < -0.39 is 0 Å². The fourth-order valence-electron chi connectivity index (χ4n) is 1.36. The first-order chi connectivity index (χ1) is 9.11. The molecule has 0 aliphatic rings. The molecule has 19 heavy (non-hydrogen) atoms. The number of amides is 1. The number of hydrogen-bond acceptors (Lipinski definition) is 6. The third kappa shape index (κ3) is 3.52. The van der Waals surface area contributed by atoms with Crippen molar-refractivity contribution in [2.24, 2.45) is 5.73 Å². The molecule has 0 atom stereocenters. The zero-order chi connectivity index (χ0) is 13.8. The second-order valence-corrected chi connectivity index (χ2v) is 6.32. The van der Waals surface area contributed by atoms with Gasteiger partial charge in [0.05, 0.1) is 21.5 Å². The van der Waals surface area contributed by atoms with Gasteiger partial charge in [0.2, 0.25) is 0 Å². The van der Waals surface area contributed by atoms with Crippen LogP contribution in [0.15, 0.2) is 12.1 Å². The molecule has 2 rings (SSSR count). The third-order valence-electron chi connectivity index (χ3n) is 2.17. The Morgan fingerprint density at radius 1 is 1.53 bits per heavy atom. The monoisotopic (exact) mass is 317 g/mol. The van der Waals surface area contributed by atoms with E-state index in [-0.39, 0.29) is 12.5 Å². The van der Waals surface area contributed by atoms with E-state index in [1.807, 2.05) is 12.1 Å². The second-order valence-electron chi connectivity index (χ2n) is 3.61. The summed E-state index contributed by atoms with van der Waals surface area (Å²) < 4.78 is 0.695. The number of hydrogen-bond donors (Lipinski definition) is 2. The van der Waals surface area contributed by atoms with Crippen LogP contribution in [0.25, 0.3) is 9.88 Å². The van der Waals surface area contributed by atoms with Crippen molar-refractivity contribution in [3.63, 3.8) is 0 Å². The molecule has 0 spiro atoms. The van der Waals surface area contributed by atoms with Crippen LogP contribution in [0.2, 0.25) is 4.34 Å². The zero-order valence-corrected chi connectivity index (χ0v) is 12.5. The number of nitrogens with two attached hydrogens (primary N) is 1. The summed E-state index contributed by atoms with van der Waals surface area (Å²) in [6.07, 6.45) is 0. The molecular weight excluding hydrogens is 306 g/mol. The molecule has 0 bridgehead atoms. The molecule has 0 aliphatic carbocycles. The van der Waals surface area contributed by atoms with Crippen molar-refractivity contribution >= 4 is 40.2 Å². The molecule has 5 nitrogen and oxygen atoms in total. The van der Waals surface area contributed by atoms with Gasteiger partial charge in [-0.05, 0) is 19.1 Å². The van der Waals surface area contributed by atoms with Gasteiger partial charge in [0.15, 0.2) is 0 Å². The molecule has 0 saturated heterocycles. The predicted octanol–water partition coefficient (Wildman–Crippen LogP) is 2.45. The average Bonchev–Trinajstić information content (AvgIpc) is 2.95. The van der Waals surface area contributed by atoms with Crippen molar-refractivity contribution in [1.82, 2.24) is 10.5 Å². The first kappa shape index (κ1) is 14.4. The van der Waals surface area contributed by atoms with Crippen molar-refractivity contribution in [3.8, 4) is 9.88 Å². The summed E-state index contributed by atoms with van der Waals surface area (Å²) in [6, 6.07) is 3.69. The van der Waals surface area contributed by atoms with Crippen molar-refractivity contribution in [1.29, 1.82) is 0 Å². The van der Waals surface area contributed by atoms with Crippen molar-refractivity contribution < 1.29 is 9.63 Å². The maximum atomic E-state index is 11.9. The summed E-state index contributed by atoms with van der Waals surface area (Å²) in [4.78, 5) is 22.6. The van der Waals surface area contributed by atoms with E-state index >= 15 is 0 Å². The minimum atomic E-state index is -0.308. The molecule has 2 aromatic heterocycles. The second kappa shape index (κ2) is 6.44. The van der Waals surface area contributed by atoms with Crippen molar-refractivity contribution in [2.75, 3.05) is 13.2 Å².